The van der Waals surface area contributed by atoms with Gasteiger partial charge in [-0.3, -0.25) is 4.90 Å². The van der Waals surface area contributed by atoms with Gasteiger partial charge in [0.1, 0.15) is 0 Å². The molecule has 0 amide bonds. The van der Waals surface area contributed by atoms with E-state index < -0.39 is 0 Å². The van der Waals surface area contributed by atoms with Crippen LogP contribution in [-0.4, -0.2) is 29.1 Å². The van der Waals surface area contributed by atoms with Gasteiger partial charge in [-0.15, -0.1) is 0 Å². The number of likely N-dealkylation sites (tertiary alicyclic amines) is 1. The molecule has 0 radical (unpaired) electrons. The Balaban J connectivity index is 1.54. The number of nitrogens with one attached hydrogen (secondary N) is 1. The molecule has 0 spiro atoms. The highest BCUT2D eigenvalue weighted by Crippen LogP contribution is 2.23. The van der Waals surface area contributed by atoms with Crippen molar-refractivity contribution in [1.29, 1.82) is 0 Å². The standard InChI is InChI=1S/C20H26N2O/c1-16-6-5-9-20(19(16)15-23)21-18-10-12-22(13-11-18)14-17-7-3-2-4-8-17/h2-9,18,21,23H,10-15H2,1H3. The van der Waals surface area contributed by atoms with E-state index in [9.17, 15) is 5.11 Å². The van der Waals surface area contributed by atoms with Gasteiger partial charge in [0.15, 0.2) is 0 Å². The summed E-state index contributed by atoms with van der Waals surface area (Å²) in [6.07, 6.45) is 2.29. The molecular weight excluding hydrogens is 284 g/mol. The molecule has 122 valence electrons. The van der Waals surface area contributed by atoms with Crippen LogP contribution in [-0.2, 0) is 13.2 Å². The van der Waals surface area contributed by atoms with Crippen molar-refractivity contribution in [2.45, 2.75) is 39.0 Å². The number of aryl methyl sites for hydroxylation is 1. The smallest absolute Gasteiger partial charge is 0.0704 e. The Morgan fingerprint density at radius 3 is 2.48 bits per heavy atom. The quantitative estimate of drug-likeness (QED) is 0.886. The second kappa shape index (κ2) is 7.62. The van der Waals surface area contributed by atoms with E-state index in [4.69, 9.17) is 0 Å². The number of piperidine rings is 1. The number of benzene rings is 2. The van der Waals surface area contributed by atoms with Gasteiger partial charge >= 0.3 is 0 Å². The number of nitrogens with zero attached hydrogens (tertiary/aromatic N) is 1. The van der Waals surface area contributed by atoms with Crippen LogP contribution < -0.4 is 5.32 Å². The molecule has 23 heavy (non-hydrogen) atoms. The van der Waals surface area contributed by atoms with E-state index in [2.05, 4.69) is 65.7 Å². The lowest BCUT2D eigenvalue weighted by Gasteiger charge is -2.33. The monoisotopic (exact) mass is 310 g/mol. The van der Waals surface area contributed by atoms with Crippen molar-refractivity contribution in [3.05, 3.63) is 65.2 Å². The van der Waals surface area contributed by atoms with Crippen molar-refractivity contribution >= 4 is 5.69 Å². The average Bonchev–Trinajstić information content (AvgIpc) is 2.58. The van der Waals surface area contributed by atoms with Gasteiger partial charge in [-0.25, -0.2) is 0 Å². The third kappa shape index (κ3) is 4.12. The molecule has 3 heteroatoms. The lowest BCUT2D eigenvalue weighted by Crippen LogP contribution is -2.38. The molecule has 1 fully saturated rings. The Bertz CT molecular complexity index is 619. The average molecular weight is 310 g/mol. The van der Waals surface area contributed by atoms with Crippen molar-refractivity contribution in [3.63, 3.8) is 0 Å². The van der Waals surface area contributed by atoms with Gasteiger partial charge in [0.05, 0.1) is 6.61 Å². The largest absolute Gasteiger partial charge is 0.392 e. The molecule has 1 aliphatic heterocycles. The van der Waals surface area contributed by atoms with Gasteiger partial charge in [0, 0.05) is 36.9 Å². The number of aliphatic hydroxyl groups excluding tert-OH is 1. The van der Waals surface area contributed by atoms with Crippen LogP contribution >= 0.6 is 0 Å². The highest BCUT2D eigenvalue weighted by Gasteiger charge is 2.20. The molecule has 1 saturated heterocycles. The van der Waals surface area contributed by atoms with Crippen LogP contribution in [0.1, 0.15) is 29.5 Å². The molecule has 2 aromatic rings. The van der Waals surface area contributed by atoms with Crippen molar-refractivity contribution in [1.82, 2.24) is 4.90 Å². The summed E-state index contributed by atoms with van der Waals surface area (Å²) in [7, 11) is 0. The number of hydrogen-bond acceptors (Lipinski definition) is 3. The molecule has 0 aliphatic carbocycles. The molecule has 1 heterocycles. The first kappa shape index (κ1) is 16.0. The summed E-state index contributed by atoms with van der Waals surface area (Å²) in [5.41, 5.74) is 4.66. The molecule has 0 unspecified atom stereocenters. The zero-order chi connectivity index (χ0) is 16.1. The Morgan fingerprint density at radius 1 is 1.04 bits per heavy atom. The first-order valence-electron chi connectivity index (χ1n) is 8.48. The van der Waals surface area contributed by atoms with Crippen molar-refractivity contribution in [2.75, 3.05) is 18.4 Å². The van der Waals surface area contributed by atoms with Crippen LogP contribution in [0.3, 0.4) is 0 Å². The highest BCUT2D eigenvalue weighted by atomic mass is 16.3. The Labute approximate surface area is 139 Å². The molecule has 2 aromatic carbocycles. The third-order valence-electron chi connectivity index (χ3n) is 4.76. The molecule has 3 nitrogen and oxygen atoms in total. The molecule has 1 aliphatic rings. The second-order valence-electron chi connectivity index (χ2n) is 6.44. The fraction of sp³-hybridized carbons (Fsp3) is 0.400. The topological polar surface area (TPSA) is 35.5 Å². The molecule has 0 aromatic heterocycles. The molecule has 0 bridgehead atoms. The number of aliphatic hydroxyl groups is 1. The summed E-state index contributed by atoms with van der Waals surface area (Å²) in [6, 6.07) is 17.4. The van der Waals surface area contributed by atoms with Gasteiger partial charge in [0.2, 0.25) is 0 Å². The van der Waals surface area contributed by atoms with Gasteiger partial charge in [-0.05, 0) is 37.0 Å². The molecular formula is C20H26N2O. The SMILES string of the molecule is Cc1cccc(NC2CCN(Cc3ccccc3)CC2)c1CO. The normalized spacial score (nSPS) is 16.4. The van der Waals surface area contributed by atoms with Crippen LogP contribution in [0.15, 0.2) is 48.5 Å². The van der Waals surface area contributed by atoms with E-state index in [-0.39, 0.29) is 6.61 Å². The minimum Gasteiger partial charge on any atom is -0.392 e. The van der Waals surface area contributed by atoms with Crippen molar-refractivity contribution < 1.29 is 5.11 Å². The first-order valence-corrected chi connectivity index (χ1v) is 8.48. The lowest BCUT2D eigenvalue weighted by atomic mass is 10.0. The summed E-state index contributed by atoms with van der Waals surface area (Å²) in [5.74, 6) is 0. The Kier molecular flexibility index (Phi) is 5.31. The first-order chi connectivity index (χ1) is 11.3. The van der Waals surface area contributed by atoms with Crippen LogP contribution in [0.25, 0.3) is 0 Å². The zero-order valence-corrected chi connectivity index (χ0v) is 13.8. The molecule has 3 rings (SSSR count). The fourth-order valence-electron chi connectivity index (χ4n) is 3.34. The van der Waals surface area contributed by atoms with Gasteiger partial charge in [0.25, 0.3) is 0 Å². The summed E-state index contributed by atoms with van der Waals surface area (Å²) in [4.78, 5) is 2.52. The van der Waals surface area contributed by atoms with Crippen molar-refractivity contribution in [3.8, 4) is 0 Å². The predicted octanol–water partition coefficient (Wildman–Crippen LogP) is 3.56. The summed E-state index contributed by atoms with van der Waals surface area (Å²) >= 11 is 0. The van der Waals surface area contributed by atoms with E-state index in [1.165, 1.54) is 5.56 Å². The maximum atomic E-state index is 9.59. The molecule has 0 saturated carbocycles. The highest BCUT2D eigenvalue weighted by molar-refractivity contribution is 5.54. The third-order valence-corrected chi connectivity index (χ3v) is 4.76. The van der Waals surface area contributed by atoms with Gasteiger partial charge < -0.3 is 10.4 Å². The maximum Gasteiger partial charge on any atom is 0.0704 e. The van der Waals surface area contributed by atoms with Crippen LogP contribution in [0, 0.1) is 6.92 Å². The number of hydrogen-bond donors (Lipinski definition) is 2. The van der Waals surface area contributed by atoms with E-state index in [0.29, 0.717) is 6.04 Å². The summed E-state index contributed by atoms with van der Waals surface area (Å²) in [6.45, 7) is 5.43. The second-order valence-corrected chi connectivity index (χ2v) is 6.44. The van der Waals surface area contributed by atoms with Crippen LogP contribution in [0.5, 0.6) is 0 Å². The predicted molar refractivity (Wildman–Crippen MR) is 95.5 cm³/mol. The number of anilines is 1. The van der Waals surface area contributed by atoms with Gasteiger partial charge in [-0.2, -0.15) is 0 Å². The summed E-state index contributed by atoms with van der Waals surface area (Å²) < 4.78 is 0. The van der Waals surface area contributed by atoms with Crippen LogP contribution in [0.4, 0.5) is 5.69 Å². The fourth-order valence-corrected chi connectivity index (χ4v) is 3.34. The van der Waals surface area contributed by atoms with E-state index in [1.807, 2.05) is 0 Å². The maximum absolute atomic E-state index is 9.59. The molecule has 2 N–H and O–H groups in total. The molecule has 0 atom stereocenters. The van der Waals surface area contributed by atoms with E-state index >= 15 is 0 Å². The minimum atomic E-state index is 0.0991. The minimum absolute atomic E-state index is 0.0991. The Hall–Kier alpha value is -1.84. The van der Waals surface area contributed by atoms with Crippen LogP contribution in [0.2, 0.25) is 0 Å². The Morgan fingerprint density at radius 2 is 1.78 bits per heavy atom. The zero-order valence-electron chi connectivity index (χ0n) is 13.8. The lowest BCUT2D eigenvalue weighted by molar-refractivity contribution is 0.211. The van der Waals surface area contributed by atoms with Crippen molar-refractivity contribution in [2.24, 2.45) is 0 Å². The van der Waals surface area contributed by atoms with Gasteiger partial charge in [-0.1, -0.05) is 42.5 Å². The van der Waals surface area contributed by atoms with E-state index in [0.717, 1.165) is 49.3 Å². The number of rotatable bonds is 5. The van der Waals surface area contributed by atoms with E-state index in [1.54, 1.807) is 0 Å². The summed E-state index contributed by atoms with van der Waals surface area (Å²) in [5, 5.41) is 13.2.